The van der Waals surface area contributed by atoms with E-state index in [1.165, 1.54) is 42.8 Å². The van der Waals surface area contributed by atoms with Gasteiger partial charge in [-0.25, -0.2) is 0 Å². The summed E-state index contributed by atoms with van der Waals surface area (Å²) >= 11 is 0. The van der Waals surface area contributed by atoms with E-state index in [1.54, 1.807) is 17.0 Å². The minimum Gasteiger partial charge on any atom is -0.504 e. The van der Waals surface area contributed by atoms with Gasteiger partial charge in [0, 0.05) is 31.7 Å². The van der Waals surface area contributed by atoms with Crippen molar-refractivity contribution in [3.05, 3.63) is 95.1 Å². The molecule has 0 aromatic heterocycles. The SMILES string of the molecule is CC(=O)O[C@@]12CC[C@H](N(CC(C)C)C(=O)C=Cc3cccc(OC(F)(F)F)c3)[C@@H]3Oc4c(O)ccc5c4[C@@]31CCN(CCc1ccccc1)[C@@H]2C5. The second kappa shape index (κ2) is 13.2. The molecule has 2 bridgehead atoms. The first kappa shape index (κ1) is 34.9. The third-order valence-electron chi connectivity index (χ3n) is 11.1. The van der Waals surface area contributed by atoms with Gasteiger partial charge in [-0.2, -0.15) is 0 Å². The first-order chi connectivity index (χ1) is 24.3. The second-order valence-electron chi connectivity index (χ2n) is 14.6. The first-order valence-corrected chi connectivity index (χ1v) is 17.7. The number of carbonyl (C=O) groups excluding carboxylic acids is 2. The van der Waals surface area contributed by atoms with Crippen LogP contribution in [0.5, 0.6) is 17.2 Å². The minimum atomic E-state index is -4.84. The lowest BCUT2D eigenvalue weighted by Crippen LogP contribution is -2.79. The number of likely N-dealkylation sites (tertiary alicyclic amines) is 1. The number of ether oxygens (including phenoxy) is 3. The van der Waals surface area contributed by atoms with Crippen LogP contribution in [0.3, 0.4) is 0 Å². The van der Waals surface area contributed by atoms with E-state index in [4.69, 9.17) is 9.47 Å². The van der Waals surface area contributed by atoms with Crippen molar-refractivity contribution < 1.29 is 42.1 Å². The summed E-state index contributed by atoms with van der Waals surface area (Å²) in [6.07, 6.45) is 0.437. The Morgan fingerprint density at radius 3 is 2.61 bits per heavy atom. The third-order valence-corrected chi connectivity index (χ3v) is 11.1. The molecule has 3 aromatic rings. The number of benzene rings is 3. The van der Waals surface area contributed by atoms with Crippen LogP contribution in [-0.2, 0) is 32.6 Å². The van der Waals surface area contributed by atoms with Crippen LogP contribution in [0.4, 0.5) is 13.2 Å². The molecular formula is C40H43F3N2O6. The number of hydrogen-bond acceptors (Lipinski definition) is 7. The number of esters is 1. The average Bonchev–Trinajstić information content (AvgIpc) is 3.42. The van der Waals surface area contributed by atoms with Crippen molar-refractivity contribution in [1.82, 2.24) is 9.80 Å². The molecule has 1 saturated heterocycles. The largest absolute Gasteiger partial charge is 0.573 e. The van der Waals surface area contributed by atoms with Crippen LogP contribution < -0.4 is 9.47 Å². The third kappa shape index (κ3) is 6.23. The Morgan fingerprint density at radius 1 is 1.10 bits per heavy atom. The maximum atomic E-state index is 14.2. The highest BCUT2D eigenvalue weighted by atomic mass is 19.4. The number of aromatic hydroxyl groups is 1. The number of carbonyl (C=O) groups is 2. The molecule has 0 radical (unpaired) electrons. The van der Waals surface area contributed by atoms with Crippen molar-refractivity contribution in [2.45, 2.75) is 88.4 Å². The molecule has 11 heteroatoms. The standard InChI is InChI=1S/C40H43F3N2O6/c1-25(2)24-45(34(48)15-12-28-10-7-11-30(22-28)51-40(41,42)43)31-16-18-39(50-26(3)46)33-23-29-13-14-32(47)36-35(29)38(39,37(31)49-36)19-21-44(33)20-17-27-8-5-4-6-9-27/h4-15,22,25,31,33,37,47H,16-21,23-24H2,1-3H3/t31-,33+,37-,38-,39+/m0/s1. The molecule has 1 saturated carbocycles. The minimum absolute atomic E-state index is 0.0144. The fourth-order valence-corrected chi connectivity index (χ4v) is 9.40. The normalized spacial score (nSPS) is 26.5. The van der Waals surface area contributed by atoms with E-state index >= 15 is 0 Å². The zero-order chi connectivity index (χ0) is 36.1. The van der Waals surface area contributed by atoms with Gasteiger partial charge in [0.05, 0.1) is 17.5 Å². The van der Waals surface area contributed by atoms with Gasteiger partial charge in [-0.05, 0) is 85.5 Å². The number of hydrogen-bond donors (Lipinski definition) is 1. The van der Waals surface area contributed by atoms with Gasteiger partial charge in [-0.3, -0.25) is 14.5 Å². The van der Waals surface area contributed by atoms with Gasteiger partial charge in [-0.1, -0.05) is 62.4 Å². The van der Waals surface area contributed by atoms with Crippen LogP contribution in [0.25, 0.3) is 6.08 Å². The number of phenolic OH excluding ortho intramolecular Hbond substituents is 1. The highest BCUT2D eigenvalue weighted by Gasteiger charge is 2.75. The van der Waals surface area contributed by atoms with Gasteiger partial charge in [0.15, 0.2) is 11.5 Å². The Balaban J connectivity index is 1.26. The molecule has 2 heterocycles. The number of amides is 1. The van der Waals surface area contributed by atoms with Crippen molar-refractivity contribution in [1.29, 1.82) is 0 Å². The molecule has 2 aliphatic carbocycles. The first-order valence-electron chi connectivity index (χ1n) is 17.7. The summed E-state index contributed by atoms with van der Waals surface area (Å²) in [4.78, 5) is 31.5. The van der Waals surface area contributed by atoms with Crippen molar-refractivity contribution in [3.8, 4) is 17.2 Å². The number of halogens is 3. The van der Waals surface area contributed by atoms with Crippen molar-refractivity contribution >= 4 is 18.0 Å². The monoisotopic (exact) mass is 704 g/mol. The smallest absolute Gasteiger partial charge is 0.504 e. The fraction of sp³-hybridized carbons (Fsp3) is 0.450. The zero-order valence-electron chi connectivity index (χ0n) is 29.0. The molecule has 51 heavy (non-hydrogen) atoms. The number of piperidine rings is 1. The van der Waals surface area contributed by atoms with Crippen LogP contribution in [0.1, 0.15) is 62.3 Å². The van der Waals surface area contributed by atoms with Crippen molar-refractivity contribution in [3.63, 3.8) is 0 Å². The van der Waals surface area contributed by atoms with Crippen molar-refractivity contribution in [2.24, 2.45) is 5.92 Å². The van der Waals surface area contributed by atoms with Gasteiger partial charge in [0.1, 0.15) is 17.5 Å². The molecule has 2 fully saturated rings. The maximum absolute atomic E-state index is 14.2. The van der Waals surface area contributed by atoms with E-state index in [0.29, 0.717) is 43.5 Å². The molecule has 1 spiro atoms. The Morgan fingerprint density at radius 2 is 1.88 bits per heavy atom. The highest BCUT2D eigenvalue weighted by Crippen LogP contribution is 2.67. The van der Waals surface area contributed by atoms with Crippen LogP contribution in [-0.4, -0.2) is 76.6 Å². The van der Waals surface area contributed by atoms with Gasteiger partial charge in [-0.15, -0.1) is 13.2 Å². The van der Waals surface area contributed by atoms with E-state index in [2.05, 4.69) is 21.8 Å². The molecule has 270 valence electrons. The Bertz CT molecular complexity index is 1830. The molecule has 0 unspecified atom stereocenters. The Kier molecular flexibility index (Phi) is 9.06. The van der Waals surface area contributed by atoms with Crippen LogP contribution in [0, 0.1) is 5.92 Å². The van der Waals surface area contributed by atoms with E-state index in [9.17, 15) is 27.9 Å². The van der Waals surface area contributed by atoms with E-state index < -0.39 is 29.5 Å². The number of phenols is 1. The van der Waals surface area contributed by atoms with Crippen LogP contribution >= 0.6 is 0 Å². The molecule has 5 atom stereocenters. The lowest BCUT2D eigenvalue weighted by molar-refractivity contribution is -0.274. The predicted molar refractivity (Wildman–Crippen MR) is 184 cm³/mol. The molecule has 4 aliphatic rings. The number of rotatable bonds is 10. The average molecular weight is 705 g/mol. The summed E-state index contributed by atoms with van der Waals surface area (Å²) in [6.45, 7) is 7.37. The number of nitrogens with zero attached hydrogens (tertiary/aromatic N) is 2. The molecule has 3 aromatic carbocycles. The van der Waals surface area contributed by atoms with Crippen LogP contribution in [0.2, 0.25) is 0 Å². The summed E-state index contributed by atoms with van der Waals surface area (Å²) in [5.74, 6) is -0.585. The molecule has 1 amide bonds. The fourth-order valence-electron chi connectivity index (χ4n) is 9.40. The van der Waals surface area contributed by atoms with Crippen LogP contribution in [0.15, 0.2) is 72.8 Å². The highest BCUT2D eigenvalue weighted by molar-refractivity contribution is 5.92. The molecule has 8 nitrogen and oxygen atoms in total. The van der Waals surface area contributed by atoms with Gasteiger partial charge < -0.3 is 24.2 Å². The predicted octanol–water partition coefficient (Wildman–Crippen LogP) is 6.83. The summed E-state index contributed by atoms with van der Waals surface area (Å²) in [6, 6.07) is 18.8. The van der Waals surface area contributed by atoms with E-state index in [-0.39, 0.29) is 35.3 Å². The van der Waals surface area contributed by atoms with E-state index in [0.717, 1.165) is 30.6 Å². The topological polar surface area (TPSA) is 88.5 Å². The summed E-state index contributed by atoms with van der Waals surface area (Å²) < 4.78 is 56.1. The molecule has 1 N–H and O–H groups in total. The maximum Gasteiger partial charge on any atom is 0.573 e. The summed E-state index contributed by atoms with van der Waals surface area (Å²) in [5, 5.41) is 11.2. The summed E-state index contributed by atoms with van der Waals surface area (Å²) in [5.41, 5.74) is 1.76. The lowest BCUT2D eigenvalue weighted by Gasteiger charge is -2.65. The Hall–Kier alpha value is -4.51. The van der Waals surface area contributed by atoms with Gasteiger partial charge >= 0.3 is 12.3 Å². The van der Waals surface area contributed by atoms with Gasteiger partial charge in [0.25, 0.3) is 0 Å². The zero-order valence-corrected chi connectivity index (χ0v) is 29.0. The Labute approximate surface area is 295 Å². The van der Waals surface area contributed by atoms with E-state index in [1.807, 2.05) is 38.1 Å². The number of alkyl halides is 3. The summed E-state index contributed by atoms with van der Waals surface area (Å²) in [7, 11) is 0. The quantitative estimate of drug-likeness (QED) is 0.183. The lowest BCUT2D eigenvalue weighted by atomic mass is 9.48. The molecule has 7 rings (SSSR count). The molecular weight excluding hydrogens is 661 g/mol. The molecule has 2 aliphatic heterocycles. The second-order valence-corrected chi connectivity index (χ2v) is 14.6. The van der Waals surface area contributed by atoms with Crippen molar-refractivity contribution in [2.75, 3.05) is 19.6 Å². The van der Waals surface area contributed by atoms with Gasteiger partial charge in [0.2, 0.25) is 5.91 Å².